The van der Waals surface area contributed by atoms with E-state index in [-0.39, 0.29) is 47.2 Å². The first-order valence-electron chi connectivity index (χ1n) is 18.3. The van der Waals surface area contributed by atoms with Gasteiger partial charge in [0.05, 0.1) is 5.69 Å². The maximum absolute atomic E-state index is 14.1. The van der Waals surface area contributed by atoms with Crippen LogP contribution < -0.4 is 16.2 Å². The molecular formula is C38H61N7O3. The van der Waals surface area contributed by atoms with Crippen LogP contribution in [0.4, 0.5) is 11.4 Å². The summed E-state index contributed by atoms with van der Waals surface area (Å²) in [5, 5.41) is 36.5. The fraction of sp³-hybridized carbons (Fsp3) is 0.658. The Kier molecular flexibility index (Phi) is 18.7. The molecule has 10 nitrogen and oxygen atoms in total. The molecule has 10 heteroatoms. The Bertz CT molecular complexity index is 1400. The van der Waals surface area contributed by atoms with Crippen molar-refractivity contribution in [2.75, 3.05) is 26.2 Å². The van der Waals surface area contributed by atoms with Crippen molar-refractivity contribution >= 4 is 17.3 Å². The van der Waals surface area contributed by atoms with E-state index >= 15 is 0 Å². The van der Waals surface area contributed by atoms with Gasteiger partial charge in [-0.15, -0.1) is 5.11 Å². The van der Waals surface area contributed by atoms with Crippen LogP contribution in [-0.4, -0.2) is 58.7 Å². The third-order valence-corrected chi connectivity index (χ3v) is 9.19. The third kappa shape index (κ3) is 12.2. The van der Waals surface area contributed by atoms with Crippen molar-refractivity contribution in [3.05, 3.63) is 51.3 Å². The number of hydrogen-bond donors (Lipinski definition) is 3. The number of nitrogens with one attached hydrogen (secondary N) is 2. The SMILES string of the molecule is CCCCNC(CC)CN(CC(CC)CCCC)C(=O)c1cccc(N=Nc2c(C)c(C#N)c(O)n(CC(CC)NCCCC)c2=O)c1. The van der Waals surface area contributed by atoms with E-state index in [2.05, 4.69) is 55.5 Å². The number of nitriles is 1. The number of aromatic nitrogens is 1. The van der Waals surface area contributed by atoms with E-state index in [1.807, 2.05) is 17.9 Å². The standard InChI is InChI=1S/C38H61N7O3/c1-8-14-18-29(11-4)25-44(26-31(12-5)40-21-15-9-2)36(46)30-19-17-20-33(23-30)42-43-35-28(7)34(24-39)37(47)45(38(35)48)27-32(13-6)41-22-16-10-3/h17,19-20,23,29,31-32,40-41,47H,8-16,18,21-22,25-27H2,1-7H3. The summed E-state index contributed by atoms with van der Waals surface area (Å²) in [6.07, 6.45) is 10.3. The van der Waals surface area contributed by atoms with Crippen molar-refractivity contribution in [2.45, 2.75) is 131 Å². The van der Waals surface area contributed by atoms with Crippen LogP contribution in [0.1, 0.15) is 127 Å². The van der Waals surface area contributed by atoms with Crippen LogP contribution in [0.25, 0.3) is 0 Å². The number of aromatic hydroxyl groups is 1. The first-order chi connectivity index (χ1) is 23.2. The monoisotopic (exact) mass is 663 g/mol. The van der Waals surface area contributed by atoms with Gasteiger partial charge in [0.2, 0.25) is 5.88 Å². The van der Waals surface area contributed by atoms with Crippen molar-refractivity contribution in [1.29, 1.82) is 5.26 Å². The molecule has 0 aliphatic heterocycles. The molecule has 0 saturated heterocycles. The van der Waals surface area contributed by atoms with Gasteiger partial charge in [-0.3, -0.25) is 14.2 Å². The molecule has 1 aromatic heterocycles. The van der Waals surface area contributed by atoms with Gasteiger partial charge in [-0.2, -0.15) is 10.4 Å². The van der Waals surface area contributed by atoms with Crippen LogP contribution in [0.15, 0.2) is 39.3 Å². The number of carbonyl (C=O) groups is 1. The van der Waals surface area contributed by atoms with E-state index in [1.54, 1.807) is 31.2 Å². The Morgan fingerprint density at radius 2 is 1.58 bits per heavy atom. The van der Waals surface area contributed by atoms with E-state index in [4.69, 9.17) is 0 Å². The lowest BCUT2D eigenvalue weighted by atomic mass is 9.98. The first kappa shape index (κ1) is 40.6. The summed E-state index contributed by atoms with van der Waals surface area (Å²) in [6, 6.07) is 9.21. The fourth-order valence-corrected chi connectivity index (χ4v) is 5.82. The molecular weight excluding hydrogens is 602 g/mol. The molecule has 0 aliphatic carbocycles. The minimum Gasteiger partial charge on any atom is -0.493 e. The lowest BCUT2D eigenvalue weighted by molar-refractivity contribution is 0.0701. The minimum absolute atomic E-state index is 0.00175. The van der Waals surface area contributed by atoms with E-state index in [0.29, 0.717) is 30.3 Å². The van der Waals surface area contributed by atoms with E-state index < -0.39 is 5.56 Å². The van der Waals surface area contributed by atoms with E-state index in [0.717, 1.165) is 77.3 Å². The molecule has 48 heavy (non-hydrogen) atoms. The number of nitrogens with zero attached hydrogens (tertiary/aromatic N) is 5. The number of unbranched alkanes of at least 4 members (excludes halogenated alkanes) is 3. The molecule has 2 aromatic rings. The minimum atomic E-state index is -0.513. The van der Waals surface area contributed by atoms with Gasteiger partial charge in [-0.25, -0.2) is 0 Å². The number of azo groups is 1. The quantitative estimate of drug-likeness (QED) is 0.0811. The van der Waals surface area contributed by atoms with Gasteiger partial charge in [0.1, 0.15) is 11.6 Å². The summed E-state index contributed by atoms with van der Waals surface area (Å²) in [5.41, 5.74) is 0.693. The van der Waals surface area contributed by atoms with Crippen molar-refractivity contribution in [3.63, 3.8) is 0 Å². The predicted molar refractivity (Wildman–Crippen MR) is 196 cm³/mol. The summed E-state index contributed by atoms with van der Waals surface area (Å²) >= 11 is 0. The Morgan fingerprint density at radius 3 is 2.17 bits per heavy atom. The first-order valence-corrected chi connectivity index (χ1v) is 18.3. The molecule has 2 rings (SSSR count). The maximum atomic E-state index is 14.1. The van der Waals surface area contributed by atoms with Crippen molar-refractivity contribution in [1.82, 2.24) is 20.1 Å². The van der Waals surface area contributed by atoms with Gasteiger partial charge in [-0.05, 0) is 76.2 Å². The number of rotatable bonds is 23. The molecule has 266 valence electrons. The number of carbonyl (C=O) groups excluding carboxylic acids is 1. The Morgan fingerprint density at radius 1 is 0.938 bits per heavy atom. The molecule has 0 spiro atoms. The molecule has 3 unspecified atom stereocenters. The third-order valence-electron chi connectivity index (χ3n) is 9.19. The molecule has 1 aromatic carbocycles. The predicted octanol–water partition coefficient (Wildman–Crippen LogP) is 8.14. The number of benzene rings is 1. The topological polar surface area (TPSA) is 135 Å². The van der Waals surface area contributed by atoms with Gasteiger partial charge in [0.15, 0.2) is 5.69 Å². The zero-order valence-corrected chi connectivity index (χ0v) is 30.6. The molecule has 0 aliphatic rings. The Labute approximate surface area is 289 Å². The average Bonchev–Trinajstić information content (AvgIpc) is 3.10. The second-order valence-corrected chi connectivity index (χ2v) is 12.9. The molecule has 1 amide bonds. The molecule has 0 fully saturated rings. The molecule has 0 bridgehead atoms. The summed E-state index contributed by atoms with van der Waals surface area (Å²) in [6.45, 7) is 17.7. The van der Waals surface area contributed by atoms with Crippen molar-refractivity contribution in [2.24, 2.45) is 16.1 Å². The second-order valence-electron chi connectivity index (χ2n) is 12.9. The smallest absolute Gasteiger partial charge is 0.281 e. The van der Waals surface area contributed by atoms with Gasteiger partial charge in [0, 0.05) is 42.8 Å². The molecule has 0 radical (unpaired) electrons. The average molecular weight is 664 g/mol. The van der Waals surface area contributed by atoms with Crippen LogP contribution in [0.5, 0.6) is 5.88 Å². The summed E-state index contributed by atoms with van der Waals surface area (Å²) in [5.74, 6) is 0.0168. The van der Waals surface area contributed by atoms with Crippen molar-refractivity contribution < 1.29 is 9.90 Å². The molecule has 1 heterocycles. The second kappa shape index (κ2) is 22.2. The molecule has 3 atom stereocenters. The van der Waals surface area contributed by atoms with Gasteiger partial charge < -0.3 is 20.6 Å². The zero-order valence-electron chi connectivity index (χ0n) is 30.6. The van der Waals surface area contributed by atoms with Crippen LogP contribution in [0.2, 0.25) is 0 Å². The lowest BCUT2D eigenvalue weighted by Crippen LogP contribution is -2.45. The largest absolute Gasteiger partial charge is 0.493 e. The van der Waals surface area contributed by atoms with Crippen LogP contribution >= 0.6 is 0 Å². The summed E-state index contributed by atoms with van der Waals surface area (Å²) in [4.78, 5) is 29.7. The summed E-state index contributed by atoms with van der Waals surface area (Å²) in [7, 11) is 0. The Balaban J connectivity index is 2.44. The zero-order chi connectivity index (χ0) is 35.5. The van der Waals surface area contributed by atoms with Gasteiger partial charge in [-0.1, -0.05) is 79.7 Å². The van der Waals surface area contributed by atoms with Crippen LogP contribution in [0.3, 0.4) is 0 Å². The normalized spacial score (nSPS) is 13.4. The number of hydrogen-bond acceptors (Lipinski definition) is 8. The highest BCUT2D eigenvalue weighted by atomic mass is 16.3. The van der Waals surface area contributed by atoms with E-state index in [9.17, 15) is 20.0 Å². The van der Waals surface area contributed by atoms with E-state index in [1.165, 1.54) is 4.57 Å². The van der Waals surface area contributed by atoms with Crippen LogP contribution in [0, 0.1) is 24.2 Å². The molecule has 0 saturated carbocycles. The highest BCUT2D eigenvalue weighted by Crippen LogP contribution is 2.28. The maximum Gasteiger partial charge on any atom is 0.281 e. The Hall–Kier alpha value is -3.55. The van der Waals surface area contributed by atoms with Gasteiger partial charge >= 0.3 is 0 Å². The van der Waals surface area contributed by atoms with Gasteiger partial charge in [0.25, 0.3) is 11.5 Å². The fourth-order valence-electron chi connectivity index (χ4n) is 5.82. The van der Waals surface area contributed by atoms with Crippen LogP contribution in [-0.2, 0) is 6.54 Å². The number of amides is 1. The highest BCUT2D eigenvalue weighted by Gasteiger charge is 2.24. The lowest BCUT2D eigenvalue weighted by Gasteiger charge is -2.31. The highest BCUT2D eigenvalue weighted by molar-refractivity contribution is 5.95. The molecule has 3 N–H and O–H groups in total. The van der Waals surface area contributed by atoms with Crippen molar-refractivity contribution in [3.8, 4) is 11.9 Å². The summed E-state index contributed by atoms with van der Waals surface area (Å²) < 4.78 is 1.21. The number of pyridine rings is 1.